The number of amides is 1. The van der Waals surface area contributed by atoms with Crippen molar-refractivity contribution in [3.05, 3.63) is 59.4 Å². The normalized spacial score (nSPS) is 12.5. The highest BCUT2D eigenvalue weighted by molar-refractivity contribution is 7.89. The van der Waals surface area contributed by atoms with E-state index in [1.807, 2.05) is 4.83 Å². The second-order valence-electron chi connectivity index (χ2n) is 4.77. The zero-order valence-electron chi connectivity index (χ0n) is 12.5. The maximum atomic E-state index is 12.8. The molecule has 2 N–H and O–H groups in total. The molecule has 0 aromatic heterocycles. The number of sulfonamides is 1. The van der Waals surface area contributed by atoms with Crippen LogP contribution < -0.4 is 15.0 Å². The summed E-state index contributed by atoms with van der Waals surface area (Å²) in [6.07, 6.45) is -1.00. The standard InChI is InChI=1S/C15H14ClFN2O4S/c1-10(23-13-7-5-12(17)6-8-13)15(20)18-19-24(21,22)14-4-2-3-11(16)9-14/h2-10,19H,1H3,(H,18,20). The SMILES string of the molecule is CC(Oc1ccc(F)cc1)C(=O)NNS(=O)(=O)c1cccc(Cl)c1. The third-order valence-electron chi connectivity index (χ3n) is 2.91. The van der Waals surface area contributed by atoms with Crippen molar-refractivity contribution in [2.24, 2.45) is 0 Å². The van der Waals surface area contributed by atoms with Crippen molar-refractivity contribution in [2.45, 2.75) is 17.9 Å². The highest BCUT2D eigenvalue weighted by Crippen LogP contribution is 2.15. The Hall–Kier alpha value is -2.16. The molecule has 1 amide bonds. The first-order valence-electron chi connectivity index (χ1n) is 6.77. The third kappa shape index (κ3) is 4.92. The first-order valence-corrected chi connectivity index (χ1v) is 8.63. The van der Waals surface area contributed by atoms with Crippen molar-refractivity contribution in [3.63, 3.8) is 0 Å². The first kappa shape index (κ1) is 18.2. The Kier molecular flexibility index (Phi) is 5.76. The molecule has 0 aliphatic rings. The number of hydrogen-bond acceptors (Lipinski definition) is 4. The van der Waals surface area contributed by atoms with Gasteiger partial charge in [0.05, 0.1) is 4.90 Å². The molecule has 9 heteroatoms. The van der Waals surface area contributed by atoms with Crippen molar-refractivity contribution in [2.75, 3.05) is 0 Å². The maximum Gasteiger partial charge on any atom is 0.275 e. The fourth-order valence-corrected chi connectivity index (χ4v) is 2.83. The van der Waals surface area contributed by atoms with E-state index in [0.29, 0.717) is 0 Å². The van der Waals surface area contributed by atoms with Crippen molar-refractivity contribution in [1.82, 2.24) is 10.3 Å². The lowest BCUT2D eigenvalue weighted by Crippen LogP contribution is -2.47. The predicted molar refractivity (Wildman–Crippen MR) is 86.4 cm³/mol. The fourth-order valence-electron chi connectivity index (χ4n) is 1.68. The molecule has 0 fully saturated rings. The van der Waals surface area contributed by atoms with E-state index < -0.39 is 27.9 Å². The van der Waals surface area contributed by atoms with E-state index in [4.69, 9.17) is 16.3 Å². The molecule has 0 spiro atoms. The third-order valence-corrected chi connectivity index (χ3v) is 4.39. The summed E-state index contributed by atoms with van der Waals surface area (Å²) in [5.74, 6) is -0.879. The molecule has 0 radical (unpaired) electrons. The first-order chi connectivity index (χ1) is 11.3. The topological polar surface area (TPSA) is 84.5 Å². The minimum absolute atomic E-state index is 0.0950. The zero-order chi connectivity index (χ0) is 17.7. The summed E-state index contributed by atoms with van der Waals surface area (Å²) in [7, 11) is -3.96. The van der Waals surface area contributed by atoms with Gasteiger partial charge in [-0.2, -0.15) is 0 Å². The molecule has 1 unspecified atom stereocenters. The van der Waals surface area contributed by atoms with Crippen LogP contribution in [0, 0.1) is 5.82 Å². The van der Waals surface area contributed by atoms with Gasteiger partial charge in [-0.15, -0.1) is 4.83 Å². The molecule has 24 heavy (non-hydrogen) atoms. The van der Waals surface area contributed by atoms with Gasteiger partial charge in [0.1, 0.15) is 11.6 Å². The monoisotopic (exact) mass is 372 g/mol. The summed E-state index contributed by atoms with van der Waals surface area (Å²) in [4.78, 5) is 13.8. The Morgan fingerprint density at radius 3 is 2.50 bits per heavy atom. The molecule has 1 atom stereocenters. The van der Waals surface area contributed by atoms with Crippen molar-refractivity contribution in [3.8, 4) is 5.75 Å². The number of hydrogen-bond donors (Lipinski definition) is 2. The van der Waals surface area contributed by atoms with Crippen molar-refractivity contribution >= 4 is 27.5 Å². The van der Waals surface area contributed by atoms with E-state index in [-0.39, 0.29) is 15.7 Å². The number of benzene rings is 2. The van der Waals surface area contributed by atoms with E-state index in [2.05, 4.69) is 5.43 Å². The number of rotatable bonds is 6. The number of carbonyl (C=O) groups is 1. The summed E-state index contributed by atoms with van der Waals surface area (Å²) in [5.41, 5.74) is 2.05. The van der Waals surface area contributed by atoms with E-state index >= 15 is 0 Å². The van der Waals surface area contributed by atoms with Crippen LogP contribution in [-0.2, 0) is 14.8 Å². The Morgan fingerprint density at radius 1 is 1.21 bits per heavy atom. The van der Waals surface area contributed by atoms with Gasteiger partial charge in [0.15, 0.2) is 6.10 Å². The Labute approximate surface area is 143 Å². The zero-order valence-corrected chi connectivity index (χ0v) is 14.1. The van der Waals surface area contributed by atoms with Gasteiger partial charge in [0.25, 0.3) is 15.9 Å². The van der Waals surface area contributed by atoms with Gasteiger partial charge < -0.3 is 4.74 Å². The van der Waals surface area contributed by atoms with Crippen LogP contribution >= 0.6 is 11.6 Å². The molecule has 0 heterocycles. The Bertz CT molecular complexity index is 828. The molecule has 2 rings (SSSR count). The van der Waals surface area contributed by atoms with Gasteiger partial charge in [0.2, 0.25) is 0 Å². The minimum atomic E-state index is -3.96. The van der Waals surface area contributed by atoms with Crippen LogP contribution in [0.4, 0.5) is 4.39 Å². The summed E-state index contributed by atoms with van der Waals surface area (Å²) in [6.45, 7) is 1.42. The van der Waals surface area contributed by atoms with Gasteiger partial charge in [-0.3, -0.25) is 10.2 Å². The van der Waals surface area contributed by atoms with Crippen LogP contribution in [0.15, 0.2) is 53.4 Å². The molecule has 6 nitrogen and oxygen atoms in total. The van der Waals surface area contributed by atoms with Gasteiger partial charge >= 0.3 is 0 Å². The highest BCUT2D eigenvalue weighted by Gasteiger charge is 2.19. The molecule has 0 bridgehead atoms. The van der Waals surface area contributed by atoms with E-state index in [1.165, 1.54) is 55.5 Å². The molecule has 0 aliphatic heterocycles. The smallest absolute Gasteiger partial charge is 0.275 e. The lowest BCUT2D eigenvalue weighted by molar-refractivity contribution is -0.127. The Morgan fingerprint density at radius 2 is 1.88 bits per heavy atom. The largest absolute Gasteiger partial charge is 0.481 e. The van der Waals surface area contributed by atoms with Crippen LogP contribution in [0.1, 0.15) is 6.92 Å². The minimum Gasteiger partial charge on any atom is -0.481 e. The van der Waals surface area contributed by atoms with Crippen LogP contribution in [0.25, 0.3) is 0 Å². The van der Waals surface area contributed by atoms with Crippen molar-refractivity contribution < 1.29 is 22.3 Å². The van der Waals surface area contributed by atoms with Crippen LogP contribution in [0.2, 0.25) is 5.02 Å². The molecule has 2 aromatic carbocycles. The van der Waals surface area contributed by atoms with Gasteiger partial charge in [-0.1, -0.05) is 17.7 Å². The van der Waals surface area contributed by atoms with Crippen LogP contribution in [0.5, 0.6) is 5.75 Å². The van der Waals surface area contributed by atoms with Gasteiger partial charge in [-0.25, -0.2) is 12.8 Å². The van der Waals surface area contributed by atoms with E-state index in [1.54, 1.807) is 0 Å². The van der Waals surface area contributed by atoms with Gasteiger partial charge in [-0.05, 0) is 49.4 Å². The van der Waals surface area contributed by atoms with Crippen LogP contribution in [0.3, 0.4) is 0 Å². The number of hydrazine groups is 1. The van der Waals surface area contributed by atoms with Gasteiger partial charge in [0, 0.05) is 5.02 Å². The molecule has 2 aromatic rings. The lowest BCUT2D eigenvalue weighted by Gasteiger charge is -2.15. The number of halogens is 2. The summed E-state index contributed by atoms with van der Waals surface area (Å²) >= 11 is 5.74. The number of carbonyl (C=O) groups excluding carboxylic acids is 1. The molecular formula is C15H14ClFN2O4S. The maximum absolute atomic E-state index is 12.8. The van der Waals surface area contributed by atoms with E-state index in [9.17, 15) is 17.6 Å². The molecule has 0 aliphatic carbocycles. The lowest BCUT2D eigenvalue weighted by atomic mass is 10.3. The Balaban J connectivity index is 1.95. The second-order valence-corrected chi connectivity index (χ2v) is 6.88. The quantitative estimate of drug-likeness (QED) is 0.762. The van der Waals surface area contributed by atoms with Crippen molar-refractivity contribution in [1.29, 1.82) is 0 Å². The predicted octanol–water partition coefficient (Wildman–Crippen LogP) is 2.26. The number of ether oxygens (including phenoxy) is 1. The summed E-state index contributed by atoms with van der Waals surface area (Å²) in [6, 6.07) is 10.7. The van der Waals surface area contributed by atoms with Crippen LogP contribution in [-0.4, -0.2) is 20.4 Å². The molecule has 0 saturated carbocycles. The number of nitrogens with one attached hydrogen (secondary N) is 2. The van der Waals surface area contributed by atoms with E-state index in [0.717, 1.165) is 0 Å². The molecule has 0 saturated heterocycles. The molecular weight excluding hydrogens is 359 g/mol. The second kappa shape index (κ2) is 7.61. The fraction of sp³-hybridized carbons (Fsp3) is 0.133. The average Bonchev–Trinajstić information content (AvgIpc) is 2.55. The summed E-state index contributed by atoms with van der Waals surface area (Å²) in [5, 5.41) is 0.247. The molecule has 128 valence electrons. The summed E-state index contributed by atoms with van der Waals surface area (Å²) < 4.78 is 42.2. The average molecular weight is 373 g/mol. The highest BCUT2D eigenvalue weighted by atomic mass is 35.5.